The molecule has 0 amide bonds. The Bertz CT molecular complexity index is 210. The summed E-state index contributed by atoms with van der Waals surface area (Å²) in [5.74, 6) is 0. The Morgan fingerprint density at radius 1 is 1.18 bits per heavy atom. The molecule has 1 aliphatic carbocycles. The van der Waals surface area contributed by atoms with Crippen LogP contribution in [0.3, 0.4) is 0 Å². The van der Waals surface area contributed by atoms with Gasteiger partial charge in [0.1, 0.15) is 0 Å². The van der Waals surface area contributed by atoms with Crippen LogP contribution in [0, 0.1) is 0 Å². The van der Waals surface area contributed by atoms with Crippen LogP contribution >= 0.6 is 0 Å². The maximum Gasteiger partial charge on any atom is 0.0599 e. The minimum Gasteiger partial charge on any atom is -0.378 e. The maximum atomic E-state index is 5.71. The summed E-state index contributed by atoms with van der Waals surface area (Å²) in [6.45, 7) is 8.89. The van der Waals surface area contributed by atoms with Gasteiger partial charge in [-0.3, -0.25) is 4.90 Å². The van der Waals surface area contributed by atoms with Crippen LogP contribution in [-0.2, 0) is 4.74 Å². The van der Waals surface area contributed by atoms with E-state index in [1.54, 1.807) is 0 Å². The minimum atomic E-state index is 0.519. The summed E-state index contributed by atoms with van der Waals surface area (Å²) >= 11 is 0. The standard InChI is InChI=1S/C14H28N2O/c1-3-13(11-15-12-5-6-12)16-9-7-14(8-10-16)17-4-2/h12-15H,3-11H2,1-2H3. The van der Waals surface area contributed by atoms with E-state index in [4.69, 9.17) is 4.74 Å². The van der Waals surface area contributed by atoms with Gasteiger partial charge in [0, 0.05) is 38.3 Å². The van der Waals surface area contributed by atoms with Gasteiger partial charge in [-0.1, -0.05) is 6.92 Å². The molecular weight excluding hydrogens is 212 g/mol. The van der Waals surface area contributed by atoms with Gasteiger partial charge in [-0.2, -0.15) is 0 Å². The summed E-state index contributed by atoms with van der Waals surface area (Å²) < 4.78 is 5.71. The Hall–Kier alpha value is -0.120. The first-order chi connectivity index (χ1) is 8.33. The van der Waals surface area contributed by atoms with Crippen molar-refractivity contribution >= 4 is 0 Å². The van der Waals surface area contributed by atoms with Gasteiger partial charge >= 0.3 is 0 Å². The van der Waals surface area contributed by atoms with E-state index in [0.29, 0.717) is 6.10 Å². The predicted octanol–water partition coefficient (Wildman–Crippen LogP) is 2.02. The van der Waals surface area contributed by atoms with Gasteiger partial charge in [0.2, 0.25) is 0 Å². The van der Waals surface area contributed by atoms with Crippen molar-refractivity contribution in [2.45, 2.75) is 64.1 Å². The van der Waals surface area contributed by atoms with Crippen LogP contribution < -0.4 is 5.32 Å². The first kappa shape index (κ1) is 13.3. The van der Waals surface area contributed by atoms with Crippen molar-refractivity contribution in [3.63, 3.8) is 0 Å². The van der Waals surface area contributed by atoms with Gasteiger partial charge in [0.05, 0.1) is 6.10 Å². The highest BCUT2D eigenvalue weighted by molar-refractivity contribution is 4.85. The van der Waals surface area contributed by atoms with Crippen LogP contribution in [0.1, 0.15) is 46.0 Å². The molecule has 2 rings (SSSR count). The van der Waals surface area contributed by atoms with E-state index >= 15 is 0 Å². The Balaban J connectivity index is 1.68. The molecule has 1 unspecified atom stereocenters. The fraction of sp³-hybridized carbons (Fsp3) is 1.00. The molecule has 17 heavy (non-hydrogen) atoms. The highest BCUT2D eigenvalue weighted by atomic mass is 16.5. The zero-order valence-corrected chi connectivity index (χ0v) is 11.5. The van der Waals surface area contributed by atoms with E-state index in [-0.39, 0.29) is 0 Å². The van der Waals surface area contributed by atoms with Crippen molar-refractivity contribution in [3.05, 3.63) is 0 Å². The van der Waals surface area contributed by atoms with Gasteiger partial charge < -0.3 is 10.1 Å². The molecule has 2 fully saturated rings. The Morgan fingerprint density at radius 3 is 2.41 bits per heavy atom. The molecule has 0 spiro atoms. The average Bonchev–Trinajstić information content (AvgIpc) is 3.16. The molecule has 0 radical (unpaired) electrons. The van der Waals surface area contributed by atoms with Crippen molar-refractivity contribution in [1.29, 1.82) is 0 Å². The normalized spacial score (nSPS) is 25.1. The molecule has 1 atom stereocenters. The molecule has 1 N–H and O–H groups in total. The van der Waals surface area contributed by atoms with Crippen LogP contribution in [-0.4, -0.2) is 49.3 Å². The number of hydrogen-bond acceptors (Lipinski definition) is 3. The molecular formula is C14H28N2O. The second-order valence-corrected chi connectivity index (χ2v) is 5.44. The quantitative estimate of drug-likeness (QED) is 0.737. The molecule has 0 aromatic rings. The Morgan fingerprint density at radius 2 is 1.88 bits per heavy atom. The fourth-order valence-electron chi connectivity index (χ4n) is 2.77. The maximum absolute atomic E-state index is 5.71. The molecule has 0 aromatic carbocycles. The van der Waals surface area contributed by atoms with E-state index in [0.717, 1.165) is 18.7 Å². The van der Waals surface area contributed by atoms with Crippen molar-refractivity contribution in [2.75, 3.05) is 26.2 Å². The van der Waals surface area contributed by atoms with Crippen molar-refractivity contribution < 1.29 is 4.74 Å². The first-order valence-electron chi connectivity index (χ1n) is 7.42. The minimum absolute atomic E-state index is 0.519. The Kier molecular flexibility index (Phi) is 5.26. The lowest BCUT2D eigenvalue weighted by Gasteiger charge is -2.37. The largest absolute Gasteiger partial charge is 0.378 e. The Labute approximate surface area is 106 Å². The second kappa shape index (κ2) is 6.72. The third kappa shape index (κ3) is 4.23. The number of ether oxygens (including phenoxy) is 1. The molecule has 100 valence electrons. The smallest absolute Gasteiger partial charge is 0.0599 e. The van der Waals surface area contributed by atoms with E-state index in [1.165, 1.54) is 51.7 Å². The number of rotatable bonds is 7. The van der Waals surface area contributed by atoms with Gasteiger partial charge in [-0.15, -0.1) is 0 Å². The summed E-state index contributed by atoms with van der Waals surface area (Å²) in [6, 6.07) is 1.57. The number of nitrogens with one attached hydrogen (secondary N) is 1. The zero-order valence-electron chi connectivity index (χ0n) is 11.5. The summed E-state index contributed by atoms with van der Waals surface area (Å²) in [5, 5.41) is 3.67. The van der Waals surface area contributed by atoms with Gasteiger partial charge in [-0.25, -0.2) is 0 Å². The molecule has 3 nitrogen and oxygen atoms in total. The van der Waals surface area contributed by atoms with Crippen LogP contribution in [0.25, 0.3) is 0 Å². The van der Waals surface area contributed by atoms with E-state index in [9.17, 15) is 0 Å². The molecule has 2 aliphatic rings. The van der Waals surface area contributed by atoms with Crippen LogP contribution in [0.15, 0.2) is 0 Å². The molecule has 1 aliphatic heterocycles. The van der Waals surface area contributed by atoms with Crippen molar-refractivity contribution in [1.82, 2.24) is 10.2 Å². The van der Waals surface area contributed by atoms with E-state index in [2.05, 4.69) is 24.1 Å². The van der Waals surface area contributed by atoms with E-state index in [1.807, 2.05) is 0 Å². The lowest BCUT2D eigenvalue weighted by molar-refractivity contribution is 0.00354. The van der Waals surface area contributed by atoms with Gasteiger partial charge in [0.15, 0.2) is 0 Å². The fourth-order valence-corrected chi connectivity index (χ4v) is 2.77. The summed E-state index contributed by atoms with van der Waals surface area (Å²) in [7, 11) is 0. The lowest BCUT2D eigenvalue weighted by Crippen LogP contribution is -2.47. The van der Waals surface area contributed by atoms with Crippen molar-refractivity contribution in [2.24, 2.45) is 0 Å². The van der Waals surface area contributed by atoms with Crippen LogP contribution in [0.2, 0.25) is 0 Å². The molecule has 0 bridgehead atoms. The predicted molar refractivity (Wildman–Crippen MR) is 71.3 cm³/mol. The van der Waals surface area contributed by atoms with Gasteiger partial charge in [0.25, 0.3) is 0 Å². The third-order valence-electron chi connectivity index (χ3n) is 4.09. The number of piperidine rings is 1. The number of hydrogen-bond donors (Lipinski definition) is 1. The van der Waals surface area contributed by atoms with Crippen molar-refractivity contribution in [3.8, 4) is 0 Å². The van der Waals surface area contributed by atoms with E-state index < -0.39 is 0 Å². The molecule has 1 heterocycles. The number of likely N-dealkylation sites (tertiary alicyclic amines) is 1. The SMILES string of the molecule is CCOC1CCN(C(CC)CNC2CC2)CC1. The van der Waals surface area contributed by atoms with Gasteiger partial charge in [-0.05, 0) is 39.0 Å². The first-order valence-corrected chi connectivity index (χ1v) is 7.42. The molecule has 1 saturated heterocycles. The molecule has 3 heteroatoms. The topological polar surface area (TPSA) is 24.5 Å². The average molecular weight is 240 g/mol. The monoisotopic (exact) mass is 240 g/mol. The zero-order chi connectivity index (χ0) is 12.1. The third-order valence-corrected chi connectivity index (χ3v) is 4.09. The molecule has 0 aromatic heterocycles. The highest BCUT2D eigenvalue weighted by Crippen LogP contribution is 2.20. The van der Waals surface area contributed by atoms with Crippen LogP contribution in [0.4, 0.5) is 0 Å². The number of nitrogens with zero attached hydrogens (tertiary/aromatic N) is 1. The van der Waals surface area contributed by atoms with Crippen LogP contribution in [0.5, 0.6) is 0 Å². The summed E-state index contributed by atoms with van der Waals surface area (Å²) in [5.41, 5.74) is 0. The molecule has 1 saturated carbocycles. The highest BCUT2D eigenvalue weighted by Gasteiger charge is 2.26. The lowest BCUT2D eigenvalue weighted by atomic mass is 10.0. The second-order valence-electron chi connectivity index (χ2n) is 5.44. The summed E-state index contributed by atoms with van der Waals surface area (Å²) in [4.78, 5) is 2.66. The summed E-state index contributed by atoms with van der Waals surface area (Å²) in [6.07, 6.45) is 7.00.